The molecule has 280 valence electrons. The Hall–Kier alpha value is -5.35. The lowest BCUT2D eigenvalue weighted by atomic mass is 9.77. The van der Waals surface area contributed by atoms with Gasteiger partial charge in [0.15, 0.2) is 0 Å². The number of imidazole rings is 1. The van der Waals surface area contributed by atoms with Gasteiger partial charge in [-0.1, -0.05) is 133 Å². The first-order valence-electron chi connectivity index (χ1n) is 18.6. The molecule has 0 aliphatic carbocycles. The maximum atomic E-state index is 13.8. The van der Waals surface area contributed by atoms with Crippen molar-refractivity contribution in [3.8, 4) is 0 Å². The van der Waals surface area contributed by atoms with Crippen molar-refractivity contribution in [3.05, 3.63) is 196 Å². The summed E-state index contributed by atoms with van der Waals surface area (Å²) >= 11 is 6.10. The molecule has 0 unspecified atom stereocenters. The third-order valence-corrected chi connectivity index (χ3v) is 12.4. The van der Waals surface area contributed by atoms with Crippen molar-refractivity contribution >= 4 is 33.4 Å². The molecule has 2 heterocycles. The van der Waals surface area contributed by atoms with Gasteiger partial charge in [-0.15, -0.1) is 0 Å². The van der Waals surface area contributed by atoms with Gasteiger partial charge in [-0.05, 0) is 72.2 Å². The van der Waals surface area contributed by atoms with E-state index in [1.165, 1.54) is 9.21 Å². The van der Waals surface area contributed by atoms with Crippen molar-refractivity contribution < 1.29 is 18.0 Å². The molecular formula is C45H43ClN4O4S. The summed E-state index contributed by atoms with van der Waals surface area (Å²) in [6.45, 7) is 0.471. The zero-order chi connectivity index (χ0) is 38.3. The predicted octanol–water partition coefficient (Wildman–Crippen LogP) is 8.61. The molecule has 2 amide bonds. The molecule has 10 heteroatoms. The third kappa shape index (κ3) is 8.20. The van der Waals surface area contributed by atoms with Crippen LogP contribution in [0, 0.1) is 0 Å². The number of amides is 2. The van der Waals surface area contributed by atoms with Gasteiger partial charge in [-0.2, -0.15) is 4.31 Å². The van der Waals surface area contributed by atoms with Gasteiger partial charge in [0.1, 0.15) is 5.54 Å². The first-order valence-corrected chi connectivity index (χ1v) is 20.6. The number of hydrogen-bond acceptors (Lipinski definition) is 5. The topological polar surface area (TPSA) is 92.6 Å². The monoisotopic (exact) mass is 770 g/mol. The molecule has 0 spiro atoms. The summed E-state index contributed by atoms with van der Waals surface area (Å²) in [7, 11) is -3.67. The fourth-order valence-electron chi connectivity index (χ4n) is 7.52. The fourth-order valence-corrected chi connectivity index (χ4v) is 9.22. The number of unbranched alkanes of at least 4 members (excludes halogenated alkanes) is 2. The van der Waals surface area contributed by atoms with Gasteiger partial charge in [0.25, 0.3) is 11.8 Å². The summed E-state index contributed by atoms with van der Waals surface area (Å²) in [6.07, 6.45) is 7.01. The Morgan fingerprint density at radius 2 is 1.16 bits per heavy atom. The maximum absolute atomic E-state index is 13.8. The second-order valence-corrected chi connectivity index (χ2v) is 16.4. The third-order valence-electron chi connectivity index (χ3n) is 10.3. The Morgan fingerprint density at radius 3 is 1.71 bits per heavy atom. The van der Waals surface area contributed by atoms with Crippen molar-refractivity contribution in [1.82, 2.24) is 18.8 Å². The number of halogens is 1. The van der Waals surface area contributed by atoms with Crippen LogP contribution in [-0.2, 0) is 28.5 Å². The molecule has 0 atom stereocenters. The first kappa shape index (κ1) is 37.9. The van der Waals surface area contributed by atoms with E-state index in [0.29, 0.717) is 41.8 Å². The number of imide groups is 1. The number of benzene rings is 5. The SMILES string of the molecule is O=C1c2ccccc2C(=O)N1CCCN(Cc1ccc(Cl)cc1)S(=O)(=O)CCCCCc1cn(C(c2ccccc2)(c2ccccc2)c2ccccc2)cn1. The number of rotatable bonds is 17. The number of hydrogen-bond donors (Lipinski definition) is 0. The highest BCUT2D eigenvalue weighted by molar-refractivity contribution is 7.89. The van der Waals surface area contributed by atoms with Gasteiger partial charge in [-0.3, -0.25) is 14.5 Å². The van der Waals surface area contributed by atoms with E-state index < -0.39 is 15.6 Å². The van der Waals surface area contributed by atoms with Gasteiger partial charge in [-0.25, -0.2) is 13.4 Å². The second kappa shape index (κ2) is 17.0. The Balaban J connectivity index is 1.01. The molecule has 0 fully saturated rings. The predicted molar refractivity (Wildman–Crippen MR) is 216 cm³/mol. The van der Waals surface area contributed by atoms with Crippen molar-refractivity contribution in [1.29, 1.82) is 0 Å². The number of aromatic nitrogens is 2. The van der Waals surface area contributed by atoms with Gasteiger partial charge in [0, 0.05) is 30.9 Å². The van der Waals surface area contributed by atoms with E-state index in [1.54, 1.807) is 36.4 Å². The van der Waals surface area contributed by atoms with E-state index in [4.69, 9.17) is 16.6 Å². The van der Waals surface area contributed by atoms with Crippen LogP contribution in [0.3, 0.4) is 0 Å². The summed E-state index contributed by atoms with van der Waals surface area (Å²) in [5.74, 6) is -0.701. The number of sulfonamides is 1. The van der Waals surface area contributed by atoms with E-state index in [0.717, 1.165) is 34.4 Å². The zero-order valence-electron chi connectivity index (χ0n) is 30.5. The van der Waals surface area contributed by atoms with Gasteiger partial charge in [0.05, 0.1) is 28.9 Å². The summed E-state index contributed by atoms with van der Waals surface area (Å²) in [6, 6.07) is 45.2. The summed E-state index contributed by atoms with van der Waals surface area (Å²) in [5, 5.41) is 0.569. The number of carbonyl (C=O) groups excluding carboxylic acids is 2. The van der Waals surface area contributed by atoms with Gasteiger partial charge in [0.2, 0.25) is 10.0 Å². The molecule has 5 aromatic carbocycles. The van der Waals surface area contributed by atoms with E-state index >= 15 is 0 Å². The average Bonchev–Trinajstić information content (AvgIpc) is 3.78. The molecule has 0 saturated heterocycles. The normalized spacial score (nSPS) is 13.1. The smallest absolute Gasteiger partial charge is 0.261 e. The highest BCUT2D eigenvalue weighted by Crippen LogP contribution is 2.41. The summed E-state index contributed by atoms with van der Waals surface area (Å²) < 4.78 is 31.3. The molecule has 1 aliphatic heterocycles. The van der Waals surface area contributed by atoms with Crippen LogP contribution in [0.4, 0.5) is 0 Å². The van der Waals surface area contributed by atoms with Crippen molar-refractivity contribution in [2.45, 2.75) is 44.2 Å². The molecule has 1 aromatic heterocycles. The quantitative estimate of drug-likeness (QED) is 0.0527. The molecule has 6 aromatic rings. The lowest BCUT2D eigenvalue weighted by Crippen LogP contribution is -2.37. The minimum Gasteiger partial charge on any atom is -0.319 e. The number of carbonyl (C=O) groups is 2. The molecular weight excluding hydrogens is 728 g/mol. The Morgan fingerprint density at radius 1 is 0.636 bits per heavy atom. The van der Waals surface area contributed by atoms with Crippen LogP contribution >= 0.6 is 11.6 Å². The van der Waals surface area contributed by atoms with Gasteiger partial charge >= 0.3 is 0 Å². The molecule has 55 heavy (non-hydrogen) atoms. The fraction of sp³-hybridized carbons (Fsp3) is 0.222. The van der Waals surface area contributed by atoms with E-state index in [9.17, 15) is 18.0 Å². The van der Waals surface area contributed by atoms with Crippen LogP contribution in [0.25, 0.3) is 0 Å². The largest absolute Gasteiger partial charge is 0.319 e. The number of aryl methyl sites for hydroxylation is 1. The minimum absolute atomic E-state index is 0.0127. The summed E-state index contributed by atoms with van der Waals surface area (Å²) in [4.78, 5) is 31.9. The van der Waals surface area contributed by atoms with Crippen LogP contribution < -0.4 is 0 Å². The molecule has 0 bridgehead atoms. The molecule has 0 N–H and O–H groups in total. The molecule has 0 radical (unpaired) electrons. The highest BCUT2D eigenvalue weighted by Gasteiger charge is 2.38. The molecule has 0 saturated carbocycles. The van der Waals surface area contributed by atoms with Crippen LogP contribution in [0.15, 0.2) is 152 Å². The lowest BCUT2D eigenvalue weighted by Gasteiger charge is -2.37. The molecule has 8 nitrogen and oxygen atoms in total. The lowest BCUT2D eigenvalue weighted by molar-refractivity contribution is 0.0650. The maximum Gasteiger partial charge on any atom is 0.261 e. The highest BCUT2D eigenvalue weighted by atomic mass is 35.5. The Kier molecular flexibility index (Phi) is 11.7. The van der Waals surface area contributed by atoms with Crippen molar-refractivity contribution in [2.75, 3.05) is 18.8 Å². The second-order valence-electron chi connectivity index (χ2n) is 13.8. The van der Waals surface area contributed by atoms with Crippen molar-refractivity contribution in [3.63, 3.8) is 0 Å². The van der Waals surface area contributed by atoms with Crippen LogP contribution in [-0.4, -0.2) is 57.8 Å². The Bertz CT molecular complexity index is 2200. The van der Waals surface area contributed by atoms with E-state index in [-0.39, 0.29) is 37.2 Å². The first-order chi connectivity index (χ1) is 26.8. The zero-order valence-corrected chi connectivity index (χ0v) is 32.1. The summed E-state index contributed by atoms with van der Waals surface area (Å²) in [5.41, 5.74) is 5.22. The van der Waals surface area contributed by atoms with Gasteiger partial charge < -0.3 is 4.57 Å². The standard InChI is InChI=1S/C45H43ClN4O4S/c46-39-27-25-35(26-28-39)32-49(29-15-30-50-43(51)41-23-12-13-24-42(41)44(50)52)55(53,54)31-14-4-11-22-40-33-48(34-47-40)45(36-16-5-1-6-17-36,37-18-7-2-8-19-37)38-20-9-3-10-21-38/h1-3,5-10,12-13,16-21,23-28,33-34H,4,11,14-15,22,29-32H2. The number of fused-ring (bicyclic) bond motifs is 1. The number of nitrogens with zero attached hydrogens (tertiary/aromatic N) is 4. The van der Waals surface area contributed by atoms with E-state index in [2.05, 4.69) is 83.6 Å². The minimum atomic E-state index is -3.67. The van der Waals surface area contributed by atoms with Crippen LogP contribution in [0.5, 0.6) is 0 Å². The molecule has 1 aliphatic rings. The molecule has 7 rings (SSSR count). The van der Waals surface area contributed by atoms with Crippen LogP contribution in [0.1, 0.15) is 74.3 Å². The average molecular weight is 771 g/mol. The van der Waals surface area contributed by atoms with E-state index in [1.807, 2.05) is 36.7 Å². The Labute approximate surface area is 328 Å². The van der Waals surface area contributed by atoms with Crippen molar-refractivity contribution in [2.24, 2.45) is 0 Å². The van der Waals surface area contributed by atoms with Crippen LogP contribution in [0.2, 0.25) is 5.02 Å².